The molecule has 0 spiro atoms. The molecule has 0 aliphatic rings. The van der Waals surface area contributed by atoms with Gasteiger partial charge in [0.25, 0.3) is 0 Å². The number of benzene rings is 1. The van der Waals surface area contributed by atoms with Crippen LogP contribution in [-0.2, 0) is 22.9 Å². The zero-order valence-electron chi connectivity index (χ0n) is 14.2. The molecule has 0 heterocycles. The van der Waals surface area contributed by atoms with Crippen LogP contribution in [0, 0.1) is 0 Å². The van der Waals surface area contributed by atoms with Crippen LogP contribution in [0.25, 0.3) is 0 Å². The number of halogens is 3. The van der Waals surface area contributed by atoms with E-state index in [9.17, 15) is 31.2 Å². The van der Waals surface area contributed by atoms with E-state index >= 15 is 0 Å². The molecule has 5 N–H and O–H groups in total. The van der Waals surface area contributed by atoms with Crippen molar-refractivity contribution in [1.29, 1.82) is 0 Å². The van der Waals surface area contributed by atoms with Gasteiger partial charge in [-0.2, -0.15) is 21.6 Å². The van der Waals surface area contributed by atoms with Crippen molar-refractivity contribution in [1.82, 2.24) is 0 Å². The van der Waals surface area contributed by atoms with E-state index in [0.717, 1.165) is 6.07 Å². The highest BCUT2D eigenvalue weighted by Crippen LogP contribution is 2.34. The van der Waals surface area contributed by atoms with Crippen LogP contribution < -0.4 is 16.2 Å². The number of carbonyl (C=O) groups excluding carboxylic acids is 2. The number of hydrogen-bond donors (Lipinski definition) is 3. The molecule has 7 nitrogen and oxygen atoms in total. The Morgan fingerprint density at radius 3 is 1.65 bits per heavy atom. The lowest BCUT2D eigenvalue weighted by molar-refractivity contribution is -0.0429. The van der Waals surface area contributed by atoms with Crippen molar-refractivity contribution in [2.24, 2.45) is 11.5 Å². The van der Waals surface area contributed by atoms with E-state index < -0.39 is 33.0 Å². The first-order chi connectivity index (χ1) is 11.9. The highest BCUT2D eigenvalue weighted by atomic mass is 32.2. The van der Waals surface area contributed by atoms with Gasteiger partial charge in [0.1, 0.15) is 0 Å². The van der Waals surface area contributed by atoms with Crippen LogP contribution in [0.15, 0.2) is 6.07 Å². The number of rotatable bonds is 8. The summed E-state index contributed by atoms with van der Waals surface area (Å²) in [5, 5.41) is 0. The average molecular weight is 395 g/mol. The second-order valence-corrected chi connectivity index (χ2v) is 7.26. The van der Waals surface area contributed by atoms with Crippen LogP contribution in [-0.4, -0.2) is 25.7 Å². The summed E-state index contributed by atoms with van der Waals surface area (Å²) in [5.74, 6) is -2.02. The normalized spacial score (nSPS) is 12.0. The average Bonchev–Trinajstić information content (AvgIpc) is 2.48. The van der Waals surface area contributed by atoms with Crippen LogP contribution in [0.5, 0.6) is 0 Å². The standard InChI is InChI=1S/C15H20F3N3O4S/c1-3-5-8-10(13(19)22)7-11(14(20)23)9(6-4-2)12(8)21-26(24,25)15(16,17)18/h7,21H,3-6H2,1-2H3,(H2,19,22)(H2,20,23). The summed E-state index contributed by atoms with van der Waals surface area (Å²) in [7, 11) is -5.77. The van der Waals surface area contributed by atoms with Gasteiger partial charge in [-0.05, 0) is 30.0 Å². The first-order valence-corrected chi connectivity index (χ1v) is 9.23. The second kappa shape index (κ2) is 7.94. The van der Waals surface area contributed by atoms with Crippen molar-refractivity contribution in [3.63, 3.8) is 0 Å². The van der Waals surface area contributed by atoms with Gasteiger partial charge in [0, 0.05) is 11.1 Å². The molecule has 1 aromatic carbocycles. The molecule has 1 rings (SSSR count). The number of hydrogen-bond acceptors (Lipinski definition) is 4. The monoisotopic (exact) mass is 395 g/mol. The summed E-state index contributed by atoms with van der Waals surface area (Å²) >= 11 is 0. The van der Waals surface area contributed by atoms with Gasteiger partial charge in [0.05, 0.1) is 5.69 Å². The SMILES string of the molecule is CCCc1c(C(N)=O)cc(C(N)=O)c(CCC)c1NS(=O)(=O)C(F)(F)F. The summed E-state index contributed by atoms with van der Waals surface area (Å²) in [6.07, 6.45) is 0.929. The zero-order chi connectivity index (χ0) is 20.3. The van der Waals surface area contributed by atoms with E-state index in [2.05, 4.69) is 0 Å². The fourth-order valence-electron chi connectivity index (χ4n) is 2.54. The molecule has 0 bridgehead atoms. The van der Waals surface area contributed by atoms with Gasteiger partial charge in [-0.3, -0.25) is 14.3 Å². The van der Waals surface area contributed by atoms with Crippen molar-refractivity contribution < 1.29 is 31.2 Å². The lowest BCUT2D eigenvalue weighted by atomic mass is 9.90. The van der Waals surface area contributed by atoms with Gasteiger partial charge >= 0.3 is 15.5 Å². The lowest BCUT2D eigenvalue weighted by Crippen LogP contribution is -2.32. The second-order valence-electron chi connectivity index (χ2n) is 5.58. The molecule has 1 aromatic rings. The van der Waals surface area contributed by atoms with E-state index in [0.29, 0.717) is 12.8 Å². The molecule has 0 aliphatic carbocycles. The molecule has 0 saturated carbocycles. The smallest absolute Gasteiger partial charge is 0.366 e. The summed E-state index contributed by atoms with van der Waals surface area (Å²) < 4.78 is 63.3. The molecule has 0 aromatic heterocycles. The van der Waals surface area contributed by atoms with Crippen LogP contribution in [0.4, 0.5) is 18.9 Å². The third-order valence-corrected chi connectivity index (χ3v) is 4.70. The van der Waals surface area contributed by atoms with E-state index in [1.807, 2.05) is 0 Å². The maximum atomic E-state index is 12.8. The highest BCUT2D eigenvalue weighted by molar-refractivity contribution is 7.93. The molecule has 0 radical (unpaired) electrons. The molecule has 0 atom stereocenters. The Bertz CT molecular complexity index is 778. The molecule has 11 heteroatoms. The minimum Gasteiger partial charge on any atom is -0.366 e. The van der Waals surface area contributed by atoms with Crippen molar-refractivity contribution in [3.05, 3.63) is 28.3 Å². The van der Waals surface area contributed by atoms with Crippen molar-refractivity contribution in [2.75, 3.05) is 4.72 Å². The Morgan fingerprint density at radius 2 is 1.38 bits per heavy atom. The predicted molar refractivity (Wildman–Crippen MR) is 90.1 cm³/mol. The highest BCUT2D eigenvalue weighted by Gasteiger charge is 2.46. The van der Waals surface area contributed by atoms with Crippen LogP contribution in [0.3, 0.4) is 0 Å². The number of nitrogens with one attached hydrogen (secondary N) is 1. The summed E-state index contributed by atoms with van der Waals surface area (Å²) in [6.45, 7) is 3.38. The molecule has 0 unspecified atom stereocenters. The predicted octanol–water partition coefficient (Wildman–Crippen LogP) is 2.05. The topological polar surface area (TPSA) is 132 Å². The van der Waals surface area contributed by atoms with Gasteiger partial charge in [0.15, 0.2) is 0 Å². The lowest BCUT2D eigenvalue weighted by Gasteiger charge is -2.22. The van der Waals surface area contributed by atoms with Crippen LogP contribution >= 0.6 is 0 Å². The number of carbonyl (C=O) groups is 2. The molecule has 0 saturated heterocycles. The van der Waals surface area contributed by atoms with Gasteiger partial charge < -0.3 is 11.5 Å². The summed E-state index contributed by atoms with van der Waals surface area (Å²) in [5.41, 5.74) is 4.00. The maximum Gasteiger partial charge on any atom is 0.516 e. The maximum absolute atomic E-state index is 12.8. The molecule has 2 amide bonds. The van der Waals surface area contributed by atoms with Gasteiger partial charge in [-0.25, -0.2) is 0 Å². The Hall–Kier alpha value is -2.30. The van der Waals surface area contributed by atoms with Crippen LogP contribution in [0.2, 0.25) is 0 Å². The Morgan fingerprint density at radius 1 is 1.00 bits per heavy atom. The molecular weight excluding hydrogens is 375 g/mol. The fourth-order valence-corrected chi connectivity index (χ4v) is 3.18. The quantitative estimate of drug-likeness (QED) is 0.621. The number of sulfonamides is 1. The van der Waals surface area contributed by atoms with Crippen molar-refractivity contribution in [3.8, 4) is 0 Å². The zero-order valence-corrected chi connectivity index (χ0v) is 15.1. The Labute approximate surface area is 149 Å². The third kappa shape index (κ3) is 4.45. The van der Waals surface area contributed by atoms with Gasteiger partial charge in [-0.15, -0.1) is 0 Å². The van der Waals surface area contributed by atoms with E-state index in [1.54, 1.807) is 13.8 Å². The number of amides is 2. The van der Waals surface area contributed by atoms with E-state index in [4.69, 9.17) is 11.5 Å². The van der Waals surface area contributed by atoms with Crippen molar-refractivity contribution in [2.45, 2.75) is 45.0 Å². The largest absolute Gasteiger partial charge is 0.516 e. The van der Waals surface area contributed by atoms with E-state index in [1.165, 1.54) is 4.72 Å². The van der Waals surface area contributed by atoms with Crippen molar-refractivity contribution >= 4 is 27.5 Å². The van der Waals surface area contributed by atoms with Gasteiger partial charge in [0.2, 0.25) is 11.8 Å². The molecule has 26 heavy (non-hydrogen) atoms. The number of primary amides is 2. The first-order valence-electron chi connectivity index (χ1n) is 7.74. The Balaban J connectivity index is 3.91. The molecular formula is C15H20F3N3O4S. The Kier molecular flexibility index (Phi) is 6.64. The van der Waals surface area contributed by atoms with Gasteiger partial charge in [-0.1, -0.05) is 26.7 Å². The first kappa shape index (κ1) is 21.7. The molecule has 0 aliphatic heterocycles. The molecule has 0 fully saturated rings. The van der Waals surface area contributed by atoms with E-state index in [-0.39, 0.29) is 35.1 Å². The number of alkyl halides is 3. The summed E-state index contributed by atoms with van der Waals surface area (Å²) in [6, 6.07) is 1.10. The number of anilines is 1. The number of nitrogens with two attached hydrogens (primary N) is 2. The minimum absolute atomic E-state index is 0.00118. The van der Waals surface area contributed by atoms with Crippen LogP contribution in [0.1, 0.15) is 58.5 Å². The summed E-state index contributed by atoms with van der Waals surface area (Å²) in [4.78, 5) is 23.5. The fraction of sp³-hybridized carbons (Fsp3) is 0.467. The molecule has 146 valence electrons. The minimum atomic E-state index is -5.77. The third-order valence-electron chi connectivity index (χ3n) is 3.61.